The molecule has 7 nitrogen and oxygen atoms in total. The number of carbonyl (C=O) groups excluding carboxylic acids is 3. The van der Waals surface area contributed by atoms with Gasteiger partial charge in [-0.25, -0.2) is 9.59 Å². The summed E-state index contributed by atoms with van der Waals surface area (Å²) in [6.45, 7) is 2.06. The van der Waals surface area contributed by atoms with Gasteiger partial charge in [0.25, 0.3) is 5.91 Å². The first-order valence-corrected chi connectivity index (χ1v) is 9.05. The molecule has 7 heteroatoms. The van der Waals surface area contributed by atoms with Crippen LogP contribution in [0, 0.1) is 5.92 Å². The van der Waals surface area contributed by atoms with Crippen LogP contribution in [-0.2, 0) is 14.3 Å². The summed E-state index contributed by atoms with van der Waals surface area (Å²) in [5.74, 6) is -0.412. The van der Waals surface area contributed by atoms with Crippen LogP contribution in [0.1, 0.15) is 53.3 Å². The van der Waals surface area contributed by atoms with Gasteiger partial charge in [-0.1, -0.05) is 6.92 Å². The molecule has 0 spiro atoms. The zero-order chi connectivity index (χ0) is 20.0. The number of hydrogen-bond acceptors (Lipinski definition) is 6. The summed E-state index contributed by atoms with van der Waals surface area (Å²) in [6, 6.07) is 4.47. The van der Waals surface area contributed by atoms with Crippen LogP contribution in [0.2, 0.25) is 0 Å². The topological polar surface area (TPSA) is 82.1 Å². The third kappa shape index (κ3) is 5.45. The number of amides is 1. The van der Waals surface area contributed by atoms with Gasteiger partial charge in [0.15, 0.2) is 6.61 Å². The van der Waals surface area contributed by atoms with Crippen molar-refractivity contribution in [1.82, 2.24) is 4.90 Å². The van der Waals surface area contributed by atoms with Crippen molar-refractivity contribution in [2.24, 2.45) is 5.92 Å². The van der Waals surface area contributed by atoms with Crippen molar-refractivity contribution in [3.8, 4) is 5.75 Å². The van der Waals surface area contributed by atoms with Crippen LogP contribution in [0.5, 0.6) is 5.75 Å². The zero-order valence-corrected chi connectivity index (χ0v) is 16.3. The molecular weight excluding hydrogens is 350 g/mol. The lowest BCUT2D eigenvalue weighted by Crippen LogP contribution is -2.41. The second-order valence-corrected chi connectivity index (χ2v) is 6.94. The van der Waals surface area contributed by atoms with Crippen LogP contribution >= 0.6 is 0 Å². The van der Waals surface area contributed by atoms with Crippen molar-refractivity contribution in [3.63, 3.8) is 0 Å². The van der Waals surface area contributed by atoms with E-state index in [0.717, 1.165) is 25.7 Å². The molecule has 0 heterocycles. The first kappa shape index (κ1) is 20.7. The Bertz CT molecular complexity index is 659. The van der Waals surface area contributed by atoms with Gasteiger partial charge in [-0.15, -0.1) is 0 Å². The predicted octanol–water partition coefficient (Wildman–Crippen LogP) is 2.68. The number of esters is 2. The normalized spacial score (nSPS) is 19.1. The SMILES string of the molecule is COC(=O)c1cc(OCC(=O)N(C)C2CCC(C)CC2)cc(C(=O)OC)c1. The van der Waals surface area contributed by atoms with E-state index in [-0.39, 0.29) is 35.4 Å². The van der Waals surface area contributed by atoms with Crippen LogP contribution in [0.3, 0.4) is 0 Å². The molecule has 0 N–H and O–H groups in total. The third-order valence-corrected chi connectivity index (χ3v) is 5.04. The van der Waals surface area contributed by atoms with Crippen LogP contribution < -0.4 is 4.74 Å². The van der Waals surface area contributed by atoms with Crippen molar-refractivity contribution < 1.29 is 28.6 Å². The minimum absolute atomic E-state index is 0.141. The van der Waals surface area contributed by atoms with E-state index in [1.54, 1.807) is 11.9 Å². The molecule has 0 saturated heterocycles. The van der Waals surface area contributed by atoms with E-state index in [1.165, 1.54) is 32.4 Å². The summed E-state index contributed by atoms with van der Waals surface area (Å²) in [5, 5.41) is 0. The molecule has 0 bridgehead atoms. The molecule has 2 rings (SSSR count). The molecule has 0 aliphatic heterocycles. The first-order chi connectivity index (χ1) is 12.8. The monoisotopic (exact) mass is 377 g/mol. The van der Waals surface area contributed by atoms with E-state index in [4.69, 9.17) is 4.74 Å². The van der Waals surface area contributed by atoms with Gasteiger partial charge >= 0.3 is 11.9 Å². The van der Waals surface area contributed by atoms with E-state index in [9.17, 15) is 14.4 Å². The Kier molecular flexibility index (Phi) is 7.21. The van der Waals surface area contributed by atoms with Gasteiger partial charge in [0.05, 0.1) is 25.3 Å². The van der Waals surface area contributed by atoms with Crippen LogP contribution in [0.25, 0.3) is 0 Å². The third-order valence-electron chi connectivity index (χ3n) is 5.04. The molecule has 1 aliphatic carbocycles. The Morgan fingerprint density at radius 1 is 0.963 bits per heavy atom. The molecule has 1 aromatic rings. The van der Waals surface area contributed by atoms with Crippen molar-refractivity contribution in [3.05, 3.63) is 29.3 Å². The number of benzene rings is 1. The molecule has 1 aliphatic rings. The summed E-state index contributed by atoms with van der Waals surface area (Å²) in [4.78, 5) is 37.8. The van der Waals surface area contributed by atoms with E-state index in [0.29, 0.717) is 5.92 Å². The minimum atomic E-state index is -0.606. The fourth-order valence-electron chi connectivity index (χ4n) is 3.23. The van der Waals surface area contributed by atoms with Crippen LogP contribution in [0.15, 0.2) is 18.2 Å². The fraction of sp³-hybridized carbons (Fsp3) is 0.550. The van der Waals surface area contributed by atoms with E-state index in [1.807, 2.05) is 0 Å². The van der Waals surface area contributed by atoms with E-state index >= 15 is 0 Å². The molecular formula is C20H27NO6. The molecule has 0 atom stereocenters. The number of hydrogen-bond donors (Lipinski definition) is 0. The predicted molar refractivity (Wildman–Crippen MR) is 98.8 cm³/mol. The molecule has 0 unspecified atom stereocenters. The molecule has 1 amide bonds. The molecule has 1 fully saturated rings. The van der Waals surface area contributed by atoms with Crippen molar-refractivity contribution in [2.75, 3.05) is 27.9 Å². The van der Waals surface area contributed by atoms with Crippen molar-refractivity contribution >= 4 is 17.8 Å². The van der Waals surface area contributed by atoms with E-state index in [2.05, 4.69) is 16.4 Å². The zero-order valence-electron chi connectivity index (χ0n) is 16.3. The molecule has 0 radical (unpaired) electrons. The van der Waals surface area contributed by atoms with Crippen LogP contribution in [0.4, 0.5) is 0 Å². The summed E-state index contributed by atoms with van der Waals surface area (Å²) < 4.78 is 14.9. The smallest absolute Gasteiger partial charge is 0.338 e. The lowest BCUT2D eigenvalue weighted by Gasteiger charge is -2.33. The van der Waals surface area contributed by atoms with Gasteiger partial charge in [-0.05, 0) is 49.8 Å². The summed E-state index contributed by atoms with van der Waals surface area (Å²) in [6.07, 6.45) is 4.22. The maximum Gasteiger partial charge on any atom is 0.338 e. The molecule has 27 heavy (non-hydrogen) atoms. The quantitative estimate of drug-likeness (QED) is 0.709. The lowest BCUT2D eigenvalue weighted by atomic mass is 9.87. The average Bonchev–Trinajstić information content (AvgIpc) is 2.70. The van der Waals surface area contributed by atoms with Crippen molar-refractivity contribution in [1.29, 1.82) is 0 Å². The number of ether oxygens (including phenoxy) is 3. The molecule has 0 aromatic heterocycles. The highest BCUT2D eigenvalue weighted by Gasteiger charge is 2.25. The number of carbonyl (C=O) groups is 3. The Morgan fingerprint density at radius 2 is 1.48 bits per heavy atom. The van der Waals surface area contributed by atoms with Gasteiger partial charge in [0.1, 0.15) is 5.75 Å². The van der Waals surface area contributed by atoms with Gasteiger partial charge in [0.2, 0.25) is 0 Å². The number of methoxy groups -OCH3 is 2. The second kappa shape index (κ2) is 9.39. The minimum Gasteiger partial charge on any atom is -0.484 e. The number of likely N-dealkylation sites (N-methyl/N-ethyl adjacent to an activating group) is 1. The lowest BCUT2D eigenvalue weighted by molar-refractivity contribution is -0.134. The maximum absolute atomic E-state index is 12.5. The molecule has 1 saturated carbocycles. The Balaban J connectivity index is 2.06. The summed E-state index contributed by atoms with van der Waals surface area (Å²) >= 11 is 0. The highest BCUT2D eigenvalue weighted by molar-refractivity contribution is 5.96. The number of rotatable bonds is 6. The van der Waals surface area contributed by atoms with E-state index < -0.39 is 11.9 Å². The van der Waals surface area contributed by atoms with Crippen LogP contribution in [-0.4, -0.2) is 56.7 Å². The van der Waals surface area contributed by atoms with Gasteiger partial charge < -0.3 is 19.1 Å². The van der Waals surface area contributed by atoms with Gasteiger partial charge in [-0.2, -0.15) is 0 Å². The largest absolute Gasteiger partial charge is 0.484 e. The Labute approximate surface area is 159 Å². The molecule has 1 aromatic carbocycles. The highest BCUT2D eigenvalue weighted by Crippen LogP contribution is 2.26. The first-order valence-electron chi connectivity index (χ1n) is 9.05. The fourth-order valence-corrected chi connectivity index (χ4v) is 3.23. The highest BCUT2D eigenvalue weighted by atomic mass is 16.5. The maximum atomic E-state index is 12.5. The summed E-state index contributed by atoms with van der Waals surface area (Å²) in [7, 11) is 4.28. The second-order valence-electron chi connectivity index (χ2n) is 6.94. The number of nitrogens with zero attached hydrogens (tertiary/aromatic N) is 1. The molecule has 148 valence electrons. The summed E-state index contributed by atoms with van der Waals surface area (Å²) in [5.41, 5.74) is 0.301. The average molecular weight is 377 g/mol. The Morgan fingerprint density at radius 3 is 1.96 bits per heavy atom. The van der Waals surface area contributed by atoms with Gasteiger partial charge in [0, 0.05) is 13.1 Å². The van der Waals surface area contributed by atoms with Gasteiger partial charge in [-0.3, -0.25) is 4.79 Å². The Hall–Kier alpha value is -2.57. The standard InChI is InChI=1S/C20H27NO6/c1-13-5-7-16(8-6-13)21(2)18(22)12-27-17-10-14(19(23)25-3)9-15(11-17)20(24)26-4/h9-11,13,16H,5-8,12H2,1-4H3. The van der Waals surface area contributed by atoms with Crippen molar-refractivity contribution in [2.45, 2.75) is 38.6 Å².